The molecule has 0 aromatic carbocycles. The summed E-state index contributed by atoms with van der Waals surface area (Å²) in [6, 6.07) is 0.0618. The number of aromatic amines is 1. The van der Waals surface area contributed by atoms with E-state index in [1.807, 2.05) is 0 Å². The van der Waals surface area contributed by atoms with Crippen molar-refractivity contribution in [2.45, 2.75) is 64.3 Å². The van der Waals surface area contributed by atoms with Gasteiger partial charge in [-0.25, -0.2) is 4.98 Å². The fourth-order valence-electron chi connectivity index (χ4n) is 3.88. The van der Waals surface area contributed by atoms with E-state index < -0.39 is 0 Å². The number of hydrogen-bond donors (Lipinski definition) is 2. The Labute approximate surface area is 103 Å². The second kappa shape index (κ2) is 3.14. The van der Waals surface area contributed by atoms with Crippen molar-refractivity contribution in [2.75, 3.05) is 0 Å². The molecule has 17 heavy (non-hydrogen) atoms. The molecule has 0 aliphatic heterocycles. The third kappa shape index (κ3) is 1.13. The molecular formula is C14H23N3. The summed E-state index contributed by atoms with van der Waals surface area (Å²) in [7, 11) is 0. The minimum absolute atomic E-state index is 0.0618. The maximum Gasteiger partial charge on any atom is 0.123 e. The van der Waals surface area contributed by atoms with Gasteiger partial charge in [-0.15, -0.1) is 0 Å². The zero-order chi connectivity index (χ0) is 12.4. The lowest BCUT2D eigenvalue weighted by Crippen LogP contribution is -2.32. The van der Waals surface area contributed by atoms with Crippen molar-refractivity contribution in [1.82, 2.24) is 9.97 Å². The number of aromatic nitrogens is 2. The number of nitrogens with zero attached hydrogens (tertiary/aromatic N) is 1. The van der Waals surface area contributed by atoms with Crippen LogP contribution in [0.5, 0.6) is 0 Å². The van der Waals surface area contributed by atoms with Crippen molar-refractivity contribution in [3.8, 4) is 0 Å². The Hall–Kier alpha value is -0.830. The Morgan fingerprint density at radius 1 is 1.47 bits per heavy atom. The number of H-pyrrole nitrogens is 1. The molecule has 0 saturated heterocycles. The van der Waals surface area contributed by atoms with Gasteiger partial charge in [-0.3, -0.25) is 0 Å². The van der Waals surface area contributed by atoms with Crippen LogP contribution < -0.4 is 5.73 Å². The lowest BCUT2D eigenvalue weighted by molar-refractivity contribution is 0.225. The van der Waals surface area contributed by atoms with Crippen LogP contribution in [0.25, 0.3) is 0 Å². The largest absolute Gasteiger partial charge is 0.344 e. The van der Waals surface area contributed by atoms with E-state index in [4.69, 9.17) is 10.7 Å². The Kier molecular flexibility index (Phi) is 2.08. The van der Waals surface area contributed by atoms with Crippen LogP contribution in [-0.2, 0) is 5.41 Å². The molecule has 3 atom stereocenters. The number of fused-ring (bicyclic) bond motifs is 5. The minimum atomic E-state index is 0.0618. The average molecular weight is 233 g/mol. The number of hydrogen-bond acceptors (Lipinski definition) is 2. The molecule has 3 nitrogen and oxygen atoms in total. The first-order valence-electron chi connectivity index (χ1n) is 6.77. The van der Waals surface area contributed by atoms with Crippen molar-refractivity contribution in [1.29, 1.82) is 0 Å². The molecule has 1 saturated carbocycles. The van der Waals surface area contributed by atoms with E-state index in [0.29, 0.717) is 11.3 Å². The first-order valence-corrected chi connectivity index (χ1v) is 6.77. The SMILES string of the molecule is CC[C@@H](N)c1nc2c([nH]1)C1CCC2(C)C1(C)C. The van der Waals surface area contributed by atoms with Crippen LogP contribution in [0.2, 0.25) is 0 Å². The van der Waals surface area contributed by atoms with Gasteiger partial charge < -0.3 is 10.7 Å². The molecule has 0 amide bonds. The van der Waals surface area contributed by atoms with Gasteiger partial charge in [0.25, 0.3) is 0 Å². The summed E-state index contributed by atoms with van der Waals surface area (Å²) in [5, 5.41) is 0. The van der Waals surface area contributed by atoms with Gasteiger partial charge in [0.15, 0.2) is 0 Å². The molecule has 3 N–H and O–H groups in total. The fraction of sp³-hybridized carbons (Fsp3) is 0.786. The molecular weight excluding hydrogens is 210 g/mol. The summed E-state index contributed by atoms with van der Waals surface area (Å²) < 4.78 is 0. The molecule has 0 spiro atoms. The summed E-state index contributed by atoms with van der Waals surface area (Å²) in [6.07, 6.45) is 3.50. The smallest absolute Gasteiger partial charge is 0.123 e. The molecule has 1 heterocycles. The molecule has 3 heteroatoms. The second-order valence-corrected chi connectivity index (χ2v) is 6.54. The summed E-state index contributed by atoms with van der Waals surface area (Å²) in [5.74, 6) is 1.64. The summed E-state index contributed by atoms with van der Waals surface area (Å²) in [4.78, 5) is 8.35. The first kappa shape index (κ1) is 11.3. The Bertz CT molecular complexity index is 460. The van der Waals surface area contributed by atoms with Crippen LogP contribution in [0.15, 0.2) is 0 Å². The number of rotatable bonds is 2. The van der Waals surface area contributed by atoms with Crippen molar-refractivity contribution in [2.24, 2.45) is 11.1 Å². The molecule has 1 aromatic heterocycles. The molecule has 2 aliphatic carbocycles. The number of nitrogens with one attached hydrogen (secondary N) is 1. The molecule has 94 valence electrons. The average Bonchev–Trinajstić information content (AvgIpc) is 2.85. The summed E-state index contributed by atoms with van der Waals surface area (Å²) in [5.41, 5.74) is 9.35. The van der Waals surface area contributed by atoms with Gasteiger partial charge in [0.1, 0.15) is 5.82 Å². The van der Waals surface area contributed by atoms with Gasteiger partial charge in [0.2, 0.25) is 0 Å². The van der Waals surface area contributed by atoms with E-state index in [9.17, 15) is 0 Å². The predicted molar refractivity (Wildman–Crippen MR) is 68.9 cm³/mol. The number of nitrogens with two attached hydrogens (primary N) is 1. The van der Waals surface area contributed by atoms with Crippen LogP contribution in [0, 0.1) is 5.41 Å². The number of imidazole rings is 1. The first-order chi connectivity index (χ1) is 7.91. The molecule has 1 aromatic rings. The maximum atomic E-state index is 6.08. The Morgan fingerprint density at radius 3 is 2.76 bits per heavy atom. The minimum Gasteiger partial charge on any atom is -0.344 e. The highest BCUT2D eigenvalue weighted by molar-refractivity contribution is 5.42. The van der Waals surface area contributed by atoms with E-state index in [2.05, 4.69) is 32.7 Å². The van der Waals surface area contributed by atoms with E-state index in [0.717, 1.165) is 12.2 Å². The zero-order valence-electron chi connectivity index (χ0n) is 11.3. The van der Waals surface area contributed by atoms with Gasteiger partial charge in [0, 0.05) is 17.0 Å². The molecule has 2 bridgehead atoms. The normalized spacial score (nSPS) is 35.0. The van der Waals surface area contributed by atoms with Crippen molar-refractivity contribution >= 4 is 0 Å². The fourth-order valence-corrected chi connectivity index (χ4v) is 3.88. The van der Waals surface area contributed by atoms with E-state index >= 15 is 0 Å². The molecule has 3 rings (SSSR count). The third-order valence-corrected chi connectivity index (χ3v) is 5.64. The van der Waals surface area contributed by atoms with Gasteiger partial charge >= 0.3 is 0 Å². The van der Waals surface area contributed by atoms with Crippen LogP contribution in [0.1, 0.15) is 76.1 Å². The molecule has 2 unspecified atom stereocenters. The summed E-state index contributed by atoms with van der Waals surface area (Å²) >= 11 is 0. The highest BCUT2D eigenvalue weighted by Crippen LogP contribution is 2.66. The van der Waals surface area contributed by atoms with Crippen molar-refractivity contribution in [3.63, 3.8) is 0 Å². The lowest BCUT2D eigenvalue weighted by atomic mass is 9.70. The molecule has 1 fully saturated rings. The van der Waals surface area contributed by atoms with Crippen LogP contribution in [0.4, 0.5) is 0 Å². The Balaban J connectivity index is 2.10. The van der Waals surface area contributed by atoms with Crippen LogP contribution in [0.3, 0.4) is 0 Å². The van der Waals surface area contributed by atoms with E-state index in [1.165, 1.54) is 24.2 Å². The topological polar surface area (TPSA) is 54.7 Å². The summed E-state index contributed by atoms with van der Waals surface area (Å²) in [6.45, 7) is 9.26. The molecule has 0 radical (unpaired) electrons. The predicted octanol–water partition coefficient (Wildman–Crippen LogP) is 2.99. The van der Waals surface area contributed by atoms with E-state index in [-0.39, 0.29) is 11.5 Å². The van der Waals surface area contributed by atoms with Crippen LogP contribution in [-0.4, -0.2) is 9.97 Å². The van der Waals surface area contributed by atoms with Gasteiger partial charge in [-0.2, -0.15) is 0 Å². The van der Waals surface area contributed by atoms with Gasteiger partial charge in [-0.05, 0) is 24.7 Å². The Morgan fingerprint density at radius 2 is 2.18 bits per heavy atom. The van der Waals surface area contributed by atoms with Crippen LogP contribution >= 0.6 is 0 Å². The molecule has 2 aliphatic rings. The lowest BCUT2D eigenvalue weighted by Gasteiger charge is -2.34. The highest BCUT2D eigenvalue weighted by atomic mass is 15.0. The van der Waals surface area contributed by atoms with Gasteiger partial charge in [-0.1, -0.05) is 27.7 Å². The zero-order valence-corrected chi connectivity index (χ0v) is 11.3. The third-order valence-electron chi connectivity index (χ3n) is 5.64. The standard InChI is InChI=1S/C14H23N3/c1-5-9(15)12-16-10-8-6-7-14(4,11(10)17-12)13(8,2)3/h8-9H,5-7,15H2,1-4H3,(H,16,17)/t8?,9-,14?/m1/s1. The van der Waals surface area contributed by atoms with E-state index in [1.54, 1.807) is 0 Å². The highest BCUT2D eigenvalue weighted by Gasteiger charge is 2.61. The van der Waals surface area contributed by atoms with Crippen molar-refractivity contribution < 1.29 is 0 Å². The van der Waals surface area contributed by atoms with Crippen molar-refractivity contribution in [3.05, 3.63) is 17.2 Å². The monoisotopic (exact) mass is 233 g/mol. The quantitative estimate of drug-likeness (QED) is 0.825. The van der Waals surface area contributed by atoms with Gasteiger partial charge in [0.05, 0.1) is 11.7 Å². The maximum absolute atomic E-state index is 6.08. The second-order valence-electron chi connectivity index (χ2n) is 6.54.